The number of hydrogen-bond donors (Lipinski definition) is 1. The number of aliphatic carboxylic acids is 1. The molecular weight excluding hydrogens is 290 g/mol. The van der Waals surface area contributed by atoms with E-state index in [0.29, 0.717) is 28.4 Å². The van der Waals surface area contributed by atoms with Crippen molar-refractivity contribution in [2.24, 2.45) is 7.05 Å². The fourth-order valence-corrected chi connectivity index (χ4v) is 3.12. The highest BCUT2D eigenvalue weighted by Crippen LogP contribution is 2.28. The van der Waals surface area contributed by atoms with E-state index in [4.69, 9.17) is 16.7 Å². The molecule has 0 amide bonds. The Morgan fingerprint density at radius 2 is 2.00 bits per heavy atom. The van der Waals surface area contributed by atoms with Crippen LogP contribution in [0.15, 0.2) is 24.3 Å². The minimum Gasteiger partial charge on any atom is -0.481 e. The number of aromatic nitrogens is 1. The third kappa shape index (κ3) is 2.36. The zero-order valence-electron chi connectivity index (χ0n) is 11.5. The van der Waals surface area contributed by atoms with Crippen LogP contribution in [-0.2, 0) is 31.1 Å². The van der Waals surface area contributed by atoms with E-state index in [1.54, 1.807) is 23.7 Å². The van der Waals surface area contributed by atoms with Crippen LogP contribution < -0.4 is 0 Å². The maximum Gasteiger partial charge on any atom is 0.309 e. The lowest BCUT2D eigenvalue weighted by molar-refractivity contribution is -0.136. The van der Waals surface area contributed by atoms with Crippen molar-refractivity contribution in [3.63, 3.8) is 0 Å². The van der Waals surface area contributed by atoms with Crippen molar-refractivity contribution < 1.29 is 14.7 Å². The first-order valence-corrected chi connectivity index (χ1v) is 7.07. The number of aryl methyl sites for hydroxylation is 2. The molecule has 0 aliphatic heterocycles. The summed E-state index contributed by atoms with van der Waals surface area (Å²) in [6.07, 6.45) is 1.36. The lowest BCUT2D eigenvalue weighted by atomic mass is 10.0. The first kappa shape index (κ1) is 13.9. The van der Waals surface area contributed by atoms with Crippen molar-refractivity contribution in [3.05, 3.63) is 57.4 Å². The van der Waals surface area contributed by atoms with Gasteiger partial charge in [0.25, 0.3) is 0 Å². The van der Waals surface area contributed by atoms with E-state index < -0.39 is 5.97 Å². The lowest BCUT2D eigenvalue weighted by Gasteiger charge is -2.08. The summed E-state index contributed by atoms with van der Waals surface area (Å²) in [5, 5.41) is 9.57. The van der Waals surface area contributed by atoms with E-state index in [2.05, 4.69) is 0 Å². The summed E-state index contributed by atoms with van der Waals surface area (Å²) >= 11 is 5.99. The normalized spacial score (nSPS) is 13.5. The van der Waals surface area contributed by atoms with Crippen molar-refractivity contribution in [2.75, 3.05) is 0 Å². The van der Waals surface area contributed by atoms with Gasteiger partial charge in [-0.2, -0.15) is 0 Å². The van der Waals surface area contributed by atoms with Crippen LogP contribution in [0.1, 0.15) is 32.9 Å². The average Bonchev–Trinajstić information content (AvgIpc) is 2.64. The van der Waals surface area contributed by atoms with Crippen molar-refractivity contribution in [1.29, 1.82) is 0 Å². The Bertz CT molecular complexity index is 761. The van der Waals surface area contributed by atoms with Gasteiger partial charge in [-0.1, -0.05) is 11.6 Å². The zero-order chi connectivity index (χ0) is 15.1. The van der Waals surface area contributed by atoms with Gasteiger partial charge < -0.3 is 9.67 Å². The number of ketones is 1. The molecule has 1 heterocycles. The van der Waals surface area contributed by atoms with Crippen molar-refractivity contribution in [2.45, 2.75) is 19.3 Å². The molecule has 1 aliphatic carbocycles. The fraction of sp³-hybridized carbons (Fsp3) is 0.250. The number of benzene rings is 1. The first-order chi connectivity index (χ1) is 9.97. The summed E-state index contributed by atoms with van der Waals surface area (Å²) in [7, 11) is 1.75. The summed E-state index contributed by atoms with van der Waals surface area (Å²) in [4.78, 5) is 23.7. The first-order valence-electron chi connectivity index (χ1n) is 6.69. The van der Waals surface area contributed by atoms with Gasteiger partial charge in [-0.3, -0.25) is 9.59 Å². The van der Waals surface area contributed by atoms with Crippen LogP contribution in [0.3, 0.4) is 0 Å². The Kier molecular flexibility index (Phi) is 3.33. The molecule has 0 saturated carbocycles. The molecule has 108 valence electrons. The Labute approximate surface area is 127 Å². The molecule has 0 saturated heterocycles. The minimum absolute atomic E-state index is 0.0618. The van der Waals surface area contributed by atoms with Crippen LogP contribution in [0.4, 0.5) is 0 Å². The Morgan fingerprint density at radius 3 is 2.71 bits per heavy atom. The second-order valence-electron chi connectivity index (χ2n) is 5.27. The fourth-order valence-electron chi connectivity index (χ4n) is 2.93. The Balaban J connectivity index is 2.12. The second-order valence-corrected chi connectivity index (χ2v) is 5.71. The van der Waals surface area contributed by atoms with E-state index in [-0.39, 0.29) is 12.2 Å². The summed E-state index contributed by atoms with van der Waals surface area (Å²) in [6.45, 7) is 0. The van der Waals surface area contributed by atoms with Crippen molar-refractivity contribution in [3.8, 4) is 0 Å². The van der Waals surface area contributed by atoms with E-state index in [0.717, 1.165) is 17.5 Å². The standard InChI is InChI=1S/C16H14ClNO3/c1-18-12(8-14(19)20)7-10-3-2-9-6-11(17)4-5-13(9)16(21)15(10)18/h4-7H,2-3,8H2,1H3,(H,19,20). The number of nitrogens with zero attached hydrogens (tertiary/aromatic N) is 1. The molecule has 1 aromatic heterocycles. The van der Waals surface area contributed by atoms with E-state index >= 15 is 0 Å². The molecule has 0 spiro atoms. The number of fused-ring (bicyclic) bond motifs is 2. The molecule has 1 aliphatic rings. The third-order valence-corrected chi connectivity index (χ3v) is 4.17. The van der Waals surface area contributed by atoms with Gasteiger partial charge in [0.05, 0.1) is 12.1 Å². The van der Waals surface area contributed by atoms with Gasteiger partial charge in [-0.25, -0.2) is 0 Å². The highest BCUT2D eigenvalue weighted by atomic mass is 35.5. The maximum absolute atomic E-state index is 12.7. The highest BCUT2D eigenvalue weighted by Gasteiger charge is 2.26. The number of carbonyl (C=O) groups is 2. The monoisotopic (exact) mass is 303 g/mol. The number of halogens is 1. The third-order valence-electron chi connectivity index (χ3n) is 3.93. The summed E-state index contributed by atoms with van der Waals surface area (Å²) in [5.41, 5.74) is 3.75. The van der Waals surface area contributed by atoms with Gasteiger partial charge in [0.15, 0.2) is 0 Å². The van der Waals surface area contributed by atoms with Crippen LogP contribution in [0.5, 0.6) is 0 Å². The lowest BCUT2D eigenvalue weighted by Crippen LogP contribution is -2.12. The smallest absolute Gasteiger partial charge is 0.309 e. The van der Waals surface area contributed by atoms with Crippen LogP contribution in [0, 0.1) is 0 Å². The molecule has 0 fully saturated rings. The summed E-state index contributed by atoms with van der Waals surface area (Å²) < 4.78 is 1.70. The Hall–Kier alpha value is -2.07. The van der Waals surface area contributed by atoms with Gasteiger partial charge in [0.2, 0.25) is 5.78 Å². The number of carboxylic acid groups (broad SMARTS) is 1. The maximum atomic E-state index is 12.7. The van der Waals surface area contributed by atoms with Crippen LogP contribution in [-0.4, -0.2) is 21.4 Å². The number of carbonyl (C=O) groups excluding carboxylic acids is 1. The van der Waals surface area contributed by atoms with Crippen molar-refractivity contribution >= 4 is 23.4 Å². The Morgan fingerprint density at radius 1 is 1.29 bits per heavy atom. The predicted molar refractivity (Wildman–Crippen MR) is 79.0 cm³/mol. The molecule has 1 aromatic carbocycles. The molecule has 2 aromatic rings. The number of rotatable bonds is 2. The zero-order valence-corrected chi connectivity index (χ0v) is 12.3. The highest BCUT2D eigenvalue weighted by molar-refractivity contribution is 6.30. The number of hydrogen-bond acceptors (Lipinski definition) is 2. The quantitative estimate of drug-likeness (QED) is 0.928. The number of carboxylic acids is 1. The van der Waals surface area contributed by atoms with Crippen LogP contribution in [0.2, 0.25) is 5.02 Å². The molecule has 21 heavy (non-hydrogen) atoms. The topological polar surface area (TPSA) is 59.3 Å². The summed E-state index contributed by atoms with van der Waals surface area (Å²) in [6, 6.07) is 7.12. The predicted octanol–water partition coefficient (Wildman–Crippen LogP) is 2.64. The van der Waals surface area contributed by atoms with Gasteiger partial charge in [-0.05, 0) is 48.2 Å². The van der Waals surface area contributed by atoms with E-state index in [9.17, 15) is 9.59 Å². The largest absolute Gasteiger partial charge is 0.481 e. The SMILES string of the molecule is Cn1c(CC(=O)O)cc2c1C(=O)c1ccc(Cl)cc1CC2. The average molecular weight is 304 g/mol. The molecule has 4 nitrogen and oxygen atoms in total. The molecule has 5 heteroatoms. The van der Waals surface area contributed by atoms with Gasteiger partial charge >= 0.3 is 5.97 Å². The molecule has 0 atom stereocenters. The summed E-state index contributed by atoms with van der Waals surface area (Å²) in [5.74, 6) is -0.960. The van der Waals surface area contributed by atoms with E-state index in [1.165, 1.54) is 0 Å². The van der Waals surface area contributed by atoms with Crippen LogP contribution >= 0.6 is 11.6 Å². The van der Waals surface area contributed by atoms with Gasteiger partial charge in [-0.15, -0.1) is 0 Å². The molecule has 1 N–H and O–H groups in total. The van der Waals surface area contributed by atoms with Crippen molar-refractivity contribution in [1.82, 2.24) is 4.57 Å². The molecule has 0 bridgehead atoms. The molecule has 0 unspecified atom stereocenters. The van der Waals surface area contributed by atoms with Crippen LogP contribution in [0.25, 0.3) is 0 Å². The molecule has 0 radical (unpaired) electrons. The second kappa shape index (κ2) is 5.04. The minimum atomic E-state index is -0.898. The van der Waals surface area contributed by atoms with E-state index in [1.807, 2.05) is 12.1 Å². The van der Waals surface area contributed by atoms with Gasteiger partial charge in [0, 0.05) is 23.3 Å². The molecule has 3 rings (SSSR count). The molecular formula is C16H14ClNO3. The van der Waals surface area contributed by atoms with Gasteiger partial charge in [0.1, 0.15) is 0 Å².